The predicted molar refractivity (Wildman–Crippen MR) is 21.3 cm³/mol. The van der Waals surface area contributed by atoms with Crippen molar-refractivity contribution in [1.82, 2.24) is 0 Å². The molecule has 0 N–H and O–H groups in total. The molecule has 0 aliphatic rings. The first-order valence-electron chi connectivity index (χ1n) is 0. The van der Waals surface area contributed by atoms with Gasteiger partial charge in [-0.3, -0.25) is 0 Å². The first kappa shape index (κ1) is 68.3. The van der Waals surface area contributed by atoms with Crippen molar-refractivity contribution in [3.05, 3.63) is 0 Å². The van der Waals surface area contributed by atoms with E-state index >= 15 is 0 Å². The predicted octanol–water partition coefficient (Wildman–Crippen LogP) is -2.65. The average Bonchev–Trinajstić information content (AvgIpc) is 0. The van der Waals surface area contributed by atoms with E-state index in [9.17, 15) is 0 Å². The van der Waals surface area contributed by atoms with Crippen LogP contribution in [0.1, 0.15) is 0 Å². The molecule has 0 heterocycles. The van der Waals surface area contributed by atoms with Gasteiger partial charge < -0.3 is 0 Å². The number of hydrogen-bond acceptors (Lipinski definition) is 0. The van der Waals surface area contributed by atoms with Crippen molar-refractivity contribution >= 4 is 28.3 Å². The van der Waals surface area contributed by atoms with Crippen molar-refractivity contribution in [2.75, 3.05) is 0 Å². The first-order valence-corrected chi connectivity index (χ1v) is 0. The summed E-state index contributed by atoms with van der Waals surface area (Å²) in [6.45, 7) is 0. The fourth-order valence-electron chi connectivity index (χ4n) is 0. The molecule has 47 valence electrons. The summed E-state index contributed by atoms with van der Waals surface area (Å²) in [7, 11) is 0. The van der Waals surface area contributed by atoms with Gasteiger partial charge in [-0.05, 0) is 11.0 Å². The quantitative estimate of drug-likeness (QED) is 0.427. The summed E-state index contributed by atoms with van der Waals surface area (Å²) < 4.78 is 0. The summed E-state index contributed by atoms with van der Waals surface area (Å²) in [5, 5.41) is 0. The maximum atomic E-state index is 0. The molecule has 0 fully saturated rings. The molecule has 0 atom stereocenters. The van der Waals surface area contributed by atoms with Crippen LogP contribution in [0.4, 0.5) is 0 Å². The van der Waals surface area contributed by atoms with Crippen LogP contribution in [0.2, 0.25) is 0 Å². The Balaban J connectivity index is 0. The van der Waals surface area contributed by atoms with Gasteiger partial charge in [-0.25, -0.2) is 0 Å². The summed E-state index contributed by atoms with van der Waals surface area (Å²) in [6.07, 6.45) is 0. The van der Waals surface area contributed by atoms with Gasteiger partial charge in [0.15, 0.2) is 17.4 Å². The molecular weight excluding hydrogens is 281 g/mol. The van der Waals surface area contributed by atoms with Crippen LogP contribution in [0, 0.1) is 0 Å². The van der Waals surface area contributed by atoms with Crippen molar-refractivity contribution in [2.24, 2.45) is 0 Å². The summed E-state index contributed by atoms with van der Waals surface area (Å²) in [6, 6.07) is 0. The van der Waals surface area contributed by atoms with E-state index in [1.165, 1.54) is 0 Å². The van der Waals surface area contributed by atoms with E-state index in [0.717, 1.165) is 0 Å². The van der Waals surface area contributed by atoms with Gasteiger partial charge in [0, 0.05) is 67.7 Å². The fourth-order valence-corrected chi connectivity index (χ4v) is 0. The van der Waals surface area contributed by atoms with Gasteiger partial charge in [0.2, 0.25) is 0 Å². The molecule has 0 aromatic heterocycles. The zero-order valence-electron chi connectivity index (χ0n) is 1.41. The summed E-state index contributed by atoms with van der Waals surface area (Å²) in [4.78, 5) is 0. The van der Waals surface area contributed by atoms with Crippen LogP contribution in [-0.2, 0) is 67.7 Å². The molecule has 6 heteroatoms. The maximum Gasteiger partial charge on any atom is 0.187 e. The van der Waals surface area contributed by atoms with E-state index in [4.69, 9.17) is 0 Å². The second kappa shape index (κ2) is 46.0. The molecule has 0 rings (SSSR count). The minimum absolute atomic E-state index is 0. The molecule has 0 saturated carbocycles. The van der Waals surface area contributed by atoms with Crippen molar-refractivity contribution < 1.29 is 67.7 Å². The van der Waals surface area contributed by atoms with Crippen molar-refractivity contribution in [3.63, 3.8) is 0 Å². The number of rotatable bonds is 0. The van der Waals surface area contributed by atoms with Gasteiger partial charge in [0.05, 0.1) is 0 Å². The van der Waals surface area contributed by atoms with Crippen LogP contribution < -0.4 is 0 Å². The van der Waals surface area contributed by atoms with E-state index in [0.29, 0.717) is 0 Å². The second-order valence-corrected chi connectivity index (χ2v) is 0. The van der Waals surface area contributed by atoms with Gasteiger partial charge in [-0.2, -0.15) is 0 Å². The molecule has 0 aromatic carbocycles. The van der Waals surface area contributed by atoms with Crippen LogP contribution in [0.5, 0.6) is 0 Å². The Morgan fingerprint density at radius 1 is 1.00 bits per heavy atom. The SMILES string of the molecule is [AlH3].[Co].[Cr].[Fe].[Ni].[SiH4]. The van der Waals surface area contributed by atoms with Crippen molar-refractivity contribution in [2.45, 2.75) is 0 Å². The van der Waals surface area contributed by atoms with Gasteiger partial charge in [-0.15, -0.1) is 0 Å². The van der Waals surface area contributed by atoms with E-state index in [2.05, 4.69) is 0 Å². The van der Waals surface area contributed by atoms with Crippen LogP contribution in [0.25, 0.3) is 0 Å². The normalized spacial score (nSPS) is 0. The molecule has 0 nitrogen and oxygen atoms in total. The summed E-state index contributed by atoms with van der Waals surface area (Å²) >= 11 is 0. The molecule has 0 bridgehead atoms. The Morgan fingerprint density at radius 3 is 1.00 bits per heavy atom. The van der Waals surface area contributed by atoms with Crippen molar-refractivity contribution in [3.8, 4) is 0 Å². The molecular formula is H7AlCoCrFeNiSi. The molecule has 1 radical (unpaired) electrons. The minimum atomic E-state index is 0. The van der Waals surface area contributed by atoms with Crippen LogP contribution >= 0.6 is 0 Å². The largest absolute Gasteiger partial charge is 0.187 e. The Labute approximate surface area is 94.9 Å². The first-order chi connectivity index (χ1) is 0. The van der Waals surface area contributed by atoms with Crippen LogP contribution in [0.3, 0.4) is 0 Å². The molecule has 0 aromatic rings. The van der Waals surface area contributed by atoms with Gasteiger partial charge >= 0.3 is 0 Å². The number of hydrogen-bond donors (Lipinski definition) is 0. The minimum Gasteiger partial charge on any atom is -0.0149 e. The third kappa shape index (κ3) is 29.2. The molecule has 6 heavy (non-hydrogen) atoms. The van der Waals surface area contributed by atoms with Crippen LogP contribution in [0.15, 0.2) is 0 Å². The maximum absolute atomic E-state index is 0. The Kier molecular flexibility index (Phi) is 523. The van der Waals surface area contributed by atoms with Gasteiger partial charge in [-0.1, -0.05) is 0 Å². The zero-order chi connectivity index (χ0) is 0. The van der Waals surface area contributed by atoms with E-state index in [1.54, 1.807) is 0 Å². The van der Waals surface area contributed by atoms with Crippen LogP contribution in [-0.4, -0.2) is 28.3 Å². The Morgan fingerprint density at radius 2 is 1.00 bits per heavy atom. The molecule has 0 unspecified atom stereocenters. The third-order valence-electron chi connectivity index (χ3n) is 0. The Hall–Kier alpha value is 2.80. The third-order valence-corrected chi connectivity index (χ3v) is 0. The topological polar surface area (TPSA) is 0 Å². The van der Waals surface area contributed by atoms with Gasteiger partial charge in [0.25, 0.3) is 0 Å². The van der Waals surface area contributed by atoms with Gasteiger partial charge in [0.1, 0.15) is 0 Å². The molecule has 0 aliphatic heterocycles. The van der Waals surface area contributed by atoms with E-state index < -0.39 is 0 Å². The van der Waals surface area contributed by atoms with E-state index in [-0.39, 0.29) is 96.0 Å². The molecule has 0 spiro atoms. The molecule has 0 amide bonds. The van der Waals surface area contributed by atoms with E-state index in [1.807, 2.05) is 0 Å². The zero-order valence-corrected chi connectivity index (χ0v) is 5.82. The monoisotopic (exact) mass is 287 g/mol. The summed E-state index contributed by atoms with van der Waals surface area (Å²) in [5.74, 6) is 0. The Bertz CT molecular complexity index is 15.5. The second-order valence-electron chi connectivity index (χ2n) is 0. The van der Waals surface area contributed by atoms with Crippen molar-refractivity contribution in [1.29, 1.82) is 0 Å². The molecule has 0 saturated heterocycles. The summed E-state index contributed by atoms with van der Waals surface area (Å²) in [5.41, 5.74) is 0. The smallest absolute Gasteiger partial charge is 0.0149 e. The standard InChI is InChI=1S/Al.Co.Cr.Fe.Ni.H4Si.3H/h;;;;;1H4;;;. The fraction of sp³-hybridized carbons (Fsp3) is 0. The molecule has 0 aliphatic carbocycles. The average molecular weight is 288 g/mol.